The van der Waals surface area contributed by atoms with Gasteiger partial charge in [-0.25, -0.2) is 0 Å². The molecule has 0 aromatic carbocycles. The highest BCUT2D eigenvalue weighted by Crippen LogP contribution is 1.76. The Morgan fingerprint density at radius 1 is 1.71 bits per heavy atom. The zero-order valence-corrected chi connectivity index (χ0v) is 3.50. The van der Waals surface area contributed by atoms with Crippen LogP contribution in [0.5, 0.6) is 0 Å². The summed E-state index contributed by atoms with van der Waals surface area (Å²) in [7, 11) is 0. The highest BCUT2D eigenvalue weighted by molar-refractivity contribution is 4.68. The fourth-order valence-electron chi connectivity index (χ4n) is 0.249. The summed E-state index contributed by atoms with van der Waals surface area (Å²) in [5.41, 5.74) is 0. The summed E-state index contributed by atoms with van der Waals surface area (Å²) in [6.45, 7) is -0.156. The number of nitrogens with one attached hydrogen (secondary N) is 1. The van der Waals surface area contributed by atoms with Gasteiger partial charge >= 0.3 is 0 Å². The Balaban J connectivity index is 2.76. The summed E-state index contributed by atoms with van der Waals surface area (Å²) < 4.78 is 0. The van der Waals surface area contributed by atoms with Gasteiger partial charge in [0.15, 0.2) is 5.82 Å². The van der Waals surface area contributed by atoms with Gasteiger partial charge in [0.1, 0.15) is 6.61 Å². The number of aromatic amines is 1. The molecule has 0 spiro atoms. The van der Waals surface area contributed by atoms with Crippen molar-refractivity contribution in [1.82, 2.24) is 20.6 Å². The molecule has 0 amide bonds. The molecule has 0 fully saturated rings. The highest BCUT2D eigenvalue weighted by Gasteiger charge is 1.88. The van der Waals surface area contributed by atoms with Crippen molar-refractivity contribution in [2.24, 2.45) is 0 Å². The van der Waals surface area contributed by atoms with Gasteiger partial charge in [-0.15, -0.1) is 10.2 Å². The summed E-state index contributed by atoms with van der Waals surface area (Å²) in [6, 6.07) is 0. The third-order valence-corrected chi connectivity index (χ3v) is 0.531. The predicted octanol–water partition coefficient (Wildman–Crippen LogP) is -1.31. The lowest BCUT2D eigenvalue weighted by Gasteiger charge is -1.73. The standard InChI is InChI=1S/C2H4N4O/c7-1-2-3-5-6-4-2/h7H,1H2,(H,3,4,5,6). The van der Waals surface area contributed by atoms with Crippen molar-refractivity contribution in [3.05, 3.63) is 5.82 Å². The van der Waals surface area contributed by atoms with Gasteiger partial charge in [-0.1, -0.05) is 5.21 Å². The maximum absolute atomic E-state index is 8.24. The molecule has 1 rings (SSSR count). The molecule has 0 aliphatic rings. The second kappa shape index (κ2) is 1.65. The molecule has 0 saturated carbocycles. The van der Waals surface area contributed by atoms with Gasteiger partial charge in [0.25, 0.3) is 0 Å². The number of rotatable bonds is 1. The van der Waals surface area contributed by atoms with E-state index < -0.39 is 0 Å². The molecule has 2 N–H and O–H groups in total. The maximum atomic E-state index is 8.24. The van der Waals surface area contributed by atoms with Crippen LogP contribution in [0.3, 0.4) is 0 Å². The van der Waals surface area contributed by atoms with Crippen molar-refractivity contribution in [1.29, 1.82) is 0 Å². The first-order valence-electron chi connectivity index (χ1n) is 1.76. The molecule has 0 atom stereocenters. The predicted molar refractivity (Wildman–Crippen MR) is 20.1 cm³/mol. The number of aliphatic hydroxyl groups is 1. The molecule has 5 heteroatoms. The van der Waals surface area contributed by atoms with E-state index in [4.69, 9.17) is 5.11 Å². The van der Waals surface area contributed by atoms with Crippen LogP contribution in [-0.2, 0) is 6.61 Å². The second-order valence-electron chi connectivity index (χ2n) is 0.986. The Morgan fingerprint density at radius 3 is 2.86 bits per heavy atom. The Labute approximate surface area is 39.4 Å². The smallest absolute Gasteiger partial charge is 0.199 e. The number of hydrogen-bond donors (Lipinski definition) is 2. The molecule has 0 unspecified atom stereocenters. The van der Waals surface area contributed by atoms with Crippen LogP contribution < -0.4 is 0 Å². The van der Waals surface area contributed by atoms with Gasteiger partial charge in [0.05, 0.1) is 0 Å². The van der Waals surface area contributed by atoms with Gasteiger partial charge in [-0.2, -0.15) is 5.21 Å². The van der Waals surface area contributed by atoms with E-state index in [9.17, 15) is 0 Å². The molecule has 7 heavy (non-hydrogen) atoms. The summed E-state index contributed by atoms with van der Waals surface area (Å²) in [5, 5.41) is 20.5. The lowest BCUT2D eigenvalue weighted by Crippen LogP contribution is -1.83. The van der Waals surface area contributed by atoms with Crippen LogP contribution in [0.2, 0.25) is 0 Å². The summed E-state index contributed by atoms with van der Waals surface area (Å²) in [6.07, 6.45) is 0. The van der Waals surface area contributed by atoms with Crippen LogP contribution in [-0.4, -0.2) is 25.7 Å². The Bertz CT molecular complexity index is 124. The van der Waals surface area contributed by atoms with Crippen molar-refractivity contribution in [3.8, 4) is 0 Å². The first-order valence-corrected chi connectivity index (χ1v) is 1.76. The second-order valence-corrected chi connectivity index (χ2v) is 0.986. The minimum absolute atomic E-state index is 0.156. The number of hydrogen-bond acceptors (Lipinski definition) is 4. The molecule has 0 radical (unpaired) electrons. The van der Waals surface area contributed by atoms with E-state index in [2.05, 4.69) is 20.6 Å². The minimum Gasteiger partial charge on any atom is -0.388 e. The van der Waals surface area contributed by atoms with E-state index in [0.717, 1.165) is 0 Å². The van der Waals surface area contributed by atoms with E-state index in [1.807, 2.05) is 0 Å². The summed E-state index contributed by atoms with van der Waals surface area (Å²) >= 11 is 0. The molecule has 0 saturated heterocycles. The Morgan fingerprint density at radius 2 is 2.57 bits per heavy atom. The molecule has 1 aromatic heterocycles. The average Bonchev–Trinajstić information content (AvgIpc) is 2.14. The van der Waals surface area contributed by atoms with Crippen molar-refractivity contribution in [2.75, 3.05) is 0 Å². The number of nitrogens with zero attached hydrogens (tertiary/aromatic N) is 3. The largest absolute Gasteiger partial charge is 0.388 e. The molecule has 1 heterocycles. The third-order valence-electron chi connectivity index (χ3n) is 0.531. The van der Waals surface area contributed by atoms with Gasteiger partial charge < -0.3 is 5.11 Å². The molecule has 38 valence electrons. The van der Waals surface area contributed by atoms with Crippen molar-refractivity contribution in [2.45, 2.75) is 6.61 Å². The zero-order valence-electron chi connectivity index (χ0n) is 3.50. The van der Waals surface area contributed by atoms with E-state index in [1.54, 1.807) is 0 Å². The van der Waals surface area contributed by atoms with Crippen molar-refractivity contribution >= 4 is 0 Å². The first-order chi connectivity index (χ1) is 3.43. The summed E-state index contributed by atoms with van der Waals surface area (Å²) in [5.74, 6) is 0.319. The van der Waals surface area contributed by atoms with E-state index in [-0.39, 0.29) is 6.61 Å². The minimum atomic E-state index is -0.156. The molecule has 0 bridgehead atoms. The van der Waals surface area contributed by atoms with Gasteiger partial charge in [0.2, 0.25) is 0 Å². The number of H-pyrrole nitrogens is 1. The fraction of sp³-hybridized carbons (Fsp3) is 0.500. The molecule has 1 aromatic rings. The van der Waals surface area contributed by atoms with Crippen LogP contribution >= 0.6 is 0 Å². The fourth-order valence-corrected chi connectivity index (χ4v) is 0.249. The number of aliphatic hydroxyl groups excluding tert-OH is 1. The van der Waals surface area contributed by atoms with E-state index in [0.29, 0.717) is 5.82 Å². The van der Waals surface area contributed by atoms with Crippen molar-refractivity contribution in [3.63, 3.8) is 0 Å². The van der Waals surface area contributed by atoms with Crippen molar-refractivity contribution < 1.29 is 5.11 Å². The quantitative estimate of drug-likeness (QED) is 0.459. The Hall–Kier alpha value is -0.970. The zero-order chi connectivity index (χ0) is 5.11. The monoisotopic (exact) mass is 100 g/mol. The SMILES string of the molecule is OCc1nn[nH]n1. The van der Waals surface area contributed by atoms with Crippen LogP contribution in [0.4, 0.5) is 0 Å². The van der Waals surface area contributed by atoms with Gasteiger partial charge in [0, 0.05) is 0 Å². The molecule has 0 aliphatic heterocycles. The van der Waals surface area contributed by atoms with Crippen LogP contribution in [0.1, 0.15) is 5.82 Å². The van der Waals surface area contributed by atoms with Crippen LogP contribution in [0.15, 0.2) is 0 Å². The lowest BCUT2D eigenvalue weighted by molar-refractivity contribution is 0.271. The van der Waals surface area contributed by atoms with Gasteiger partial charge in [-0.3, -0.25) is 0 Å². The number of aromatic nitrogens is 4. The van der Waals surface area contributed by atoms with Crippen LogP contribution in [0, 0.1) is 0 Å². The lowest BCUT2D eigenvalue weighted by atomic mass is 10.7. The molecule has 5 nitrogen and oxygen atoms in total. The first kappa shape index (κ1) is 4.20. The van der Waals surface area contributed by atoms with E-state index >= 15 is 0 Å². The number of tetrazole rings is 1. The third kappa shape index (κ3) is 0.716. The van der Waals surface area contributed by atoms with E-state index in [1.165, 1.54) is 0 Å². The maximum Gasteiger partial charge on any atom is 0.199 e. The summed E-state index contributed by atoms with van der Waals surface area (Å²) in [4.78, 5) is 0. The van der Waals surface area contributed by atoms with Gasteiger partial charge in [-0.05, 0) is 0 Å². The Kier molecular flexibility index (Phi) is 0.991. The van der Waals surface area contributed by atoms with Crippen LogP contribution in [0.25, 0.3) is 0 Å². The average molecular weight is 100 g/mol. The molecule has 0 aliphatic carbocycles. The highest BCUT2D eigenvalue weighted by atomic mass is 16.3. The molecular weight excluding hydrogens is 96.0 g/mol. The topological polar surface area (TPSA) is 74.7 Å². The molecular formula is C2H4N4O. The normalized spacial score (nSPS) is 9.29.